The third-order valence-corrected chi connectivity index (χ3v) is 3.26. The molecule has 0 radical (unpaired) electrons. The van der Waals surface area contributed by atoms with Crippen molar-refractivity contribution in [3.63, 3.8) is 0 Å². The van der Waals surface area contributed by atoms with Crippen LogP contribution in [0.1, 0.15) is 39.0 Å². The second-order valence-corrected chi connectivity index (χ2v) is 5.82. The zero-order valence-corrected chi connectivity index (χ0v) is 12.0. The Morgan fingerprint density at radius 2 is 2.20 bits per heavy atom. The lowest BCUT2D eigenvalue weighted by Crippen LogP contribution is -2.28. The van der Waals surface area contributed by atoms with Gasteiger partial charge in [-0.05, 0) is 28.8 Å². The molecule has 1 unspecified atom stereocenters. The standard InChI is InChI=1S/C13H18N4O3/c1-8-9(5-6-20-8)12-14-15-16-17(12)10(7-11(18)19)13(2,3)4/h5-6,10H,7H2,1-4H3,(H,18,19). The highest BCUT2D eigenvalue weighted by Gasteiger charge is 2.32. The van der Waals surface area contributed by atoms with Gasteiger partial charge in [0.1, 0.15) is 5.76 Å². The molecule has 0 bridgehead atoms. The number of carboxylic acid groups (broad SMARTS) is 1. The molecule has 0 aliphatic carbocycles. The normalized spacial score (nSPS) is 13.4. The van der Waals surface area contributed by atoms with Gasteiger partial charge in [-0.1, -0.05) is 20.8 Å². The largest absolute Gasteiger partial charge is 0.481 e. The van der Waals surface area contributed by atoms with Crippen LogP contribution in [0.3, 0.4) is 0 Å². The third-order valence-electron chi connectivity index (χ3n) is 3.26. The number of hydrogen-bond acceptors (Lipinski definition) is 5. The molecule has 7 nitrogen and oxygen atoms in total. The van der Waals surface area contributed by atoms with Crippen molar-refractivity contribution >= 4 is 5.97 Å². The number of tetrazole rings is 1. The number of nitrogens with zero attached hydrogens (tertiary/aromatic N) is 4. The van der Waals surface area contributed by atoms with Crippen LogP contribution in [0, 0.1) is 12.3 Å². The SMILES string of the molecule is Cc1occc1-c1nnnn1C(CC(=O)O)C(C)(C)C. The Kier molecular flexibility index (Phi) is 3.61. The summed E-state index contributed by atoms with van der Waals surface area (Å²) in [7, 11) is 0. The van der Waals surface area contributed by atoms with E-state index in [9.17, 15) is 4.79 Å². The van der Waals surface area contributed by atoms with Crippen molar-refractivity contribution in [2.24, 2.45) is 5.41 Å². The number of aliphatic carboxylic acids is 1. The molecule has 0 saturated carbocycles. The van der Waals surface area contributed by atoms with Gasteiger partial charge in [-0.25, -0.2) is 4.68 Å². The van der Waals surface area contributed by atoms with Crippen LogP contribution in [-0.2, 0) is 4.79 Å². The van der Waals surface area contributed by atoms with E-state index in [4.69, 9.17) is 9.52 Å². The van der Waals surface area contributed by atoms with Crippen LogP contribution in [0.25, 0.3) is 11.4 Å². The molecule has 0 saturated heterocycles. The fraction of sp³-hybridized carbons (Fsp3) is 0.538. The van der Waals surface area contributed by atoms with E-state index in [1.165, 1.54) is 0 Å². The van der Waals surface area contributed by atoms with Crippen LogP contribution in [-0.4, -0.2) is 31.3 Å². The molecule has 0 aliphatic rings. The molecule has 1 N–H and O–H groups in total. The molecule has 2 heterocycles. The number of carbonyl (C=O) groups is 1. The third kappa shape index (κ3) is 2.71. The summed E-state index contributed by atoms with van der Waals surface area (Å²) >= 11 is 0. The van der Waals surface area contributed by atoms with Gasteiger partial charge in [-0.2, -0.15) is 0 Å². The summed E-state index contributed by atoms with van der Waals surface area (Å²) in [5, 5.41) is 20.8. The molecular weight excluding hydrogens is 260 g/mol. The van der Waals surface area contributed by atoms with Gasteiger partial charge in [0.2, 0.25) is 0 Å². The van der Waals surface area contributed by atoms with E-state index in [2.05, 4.69) is 15.5 Å². The summed E-state index contributed by atoms with van der Waals surface area (Å²) in [6, 6.07) is 1.43. The summed E-state index contributed by atoms with van der Waals surface area (Å²) in [6.45, 7) is 7.72. The molecule has 108 valence electrons. The number of aryl methyl sites for hydroxylation is 1. The van der Waals surface area contributed by atoms with Crippen LogP contribution in [0.5, 0.6) is 0 Å². The van der Waals surface area contributed by atoms with Gasteiger partial charge in [0.15, 0.2) is 5.82 Å². The van der Waals surface area contributed by atoms with Crippen molar-refractivity contribution in [3.05, 3.63) is 18.1 Å². The molecule has 2 rings (SSSR count). The monoisotopic (exact) mass is 278 g/mol. The second-order valence-electron chi connectivity index (χ2n) is 5.82. The first-order valence-electron chi connectivity index (χ1n) is 6.35. The van der Waals surface area contributed by atoms with Crippen molar-refractivity contribution < 1.29 is 14.3 Å². The molecule has 1 atom stereocenters. The Labute approximate surface area is 116 Å². The maximum absolute atomic E-state index is 11.1. The predicted molar refractivity (Wildman–Crippen MR) is 71.0 cm³/mol. The number of hydrogen-bond donors (Lipinski definition) is 1. The summed E-state index contributed by atoms with van der Waals surface area (Å²) < 4.78 is 6.84. The summed E-state index contributed by atoms with van der Waals surface area (Å²) in [5.41, 5.74) is 0.481. The Balaban J connectivity index is 2.48. The molecule has 7 heteroatoms. The maximum Gasteiger partial charge on any atom is 0.305 e. The van der Waals surface area contributed by atoms with Crippen molar-refractivity contribution in [1.29, 1.82) is 0 Å². The van der Waals surface area contributed by atoms with E-state index in [0.717, 1.165) is 5.56 Å². The van der Waals surface area contributed by atoms with Gasteiger partial charge in [-0.3, -0.25) is 4.79 Å². The molecular formula is C13H18N4O3. The number of furan rings is 1. The van der Waals surface area contributed by atoms with Crippen molar-refractivity contribution in [2.75, 3.05) is 0 Å². The molecule has 0 spiro atoms. The minimum atomic E-state index is -0.879. The van der Waals surface area contributed by atoms with E-state index in [-0.39, 0.29) is 17.9 Å². The molecule has 0 amide bonds. The Morgan fingerprint density at radius 1 is 1.50 bits per heavy atom. The van der Waals surface area contributed by atoms with Crippen LogP contribution in [0.15, 0.2) is 16.7 Å². The minimum absolute atomic E-state index is 0.0432. The highest BCUT2D eigenvalue weighted by Crippen LogP contribution is 2.35. The smallest absolute Gasteiger partial charge is 0.305 e. The average Bonchev–Trinajstić information content (AvgIpc) is 2.92. The highest BCUT2D eigenvalue weighted by atomic mass is 16.4. The van der Waals surface area contributed by atoms with Crippen molar-refractivity contribution in [3.8, 4) is 11.4 Å². The lowest BCUT2D eigenvalue weighted by Gasteiger charge is -2.29. The Hall–Kier alpha value is -2.18. The van der Waals surface area contributed by atoms with E-state index in [0.29, 0.717) is 11.6 Å². The zero-order chi connectivity index (χ0) is 14.9. The van der Waals surface area contributed by atoms with E-state index >= 15 is 0 Å². The lowest BCUT2D eigenvalue weighted by molar-refractivity contribution is -0.138. The van der Waals surface area contributed by atoms with Gasteiger partial charge in [-0.15, -0.1) is 5.10 Å². The van der Waals surface area contributed by atoms with E-state index in [1.807, 2.05) is 27.7 Å². The summed E-state index contributed by atoms with van der Waals surface area (Å²) in [5.74, 6) is 0.344. The average molecular weight is 278 g/mol. The maximum atomic E-state index is 11.1. The molecule has 2 aromatic rings. The quantitative estimate of drug-likeness (QED) is 0.922. The highest BCUT2D eigenvalue weighted by molar-refractivity contribution is 5.67. The predicted octanol–water partition coefficient (Wildman–Crippen LogP) is 2.30. The van der Waals surface area contributed by atoms with Gasteiger partial charge in [0, 0.05) is 0 Å². The van der Waals surface area contributed by atoms with Crippen LogP contribution in [0.2, 0.25) is 0 Å². The molecule has 0 fully saturated rings. The molecule has 0 aromatic carbocycles. The van der Waals surface area contributed by atoms with Crippen molar-refractivity contribution in [2.45, 2.75) is 40.2 Å². The van der Waals surface area contributed by atoms with E-state index in [1.54, 1.807) is 17.0 Å². The van der Waals surface area contributed by atoms with Crippen LogP contribution < -0.4 is 0 Å². The van der Waals surface area contributed by atoms with Gasteiger partial charge in [0.25, 0.3) is 0 Å². The summed E-state index contributed by atoms with van der Waals surface area (Å²) in [6.07, 6.45) is 1.52. The number of rotatable bonds is 4. The fourth-order valence-corrected chi connectivity index (χ4v) is 2.12. The van der Waals surface area contributed by atoms with Gasteiger partial charge < -0.3 is 9.52 Å². The first kappa shape index (κ1) is 14.2. The van der Waals surface area contributed by atoms with Crippen LogP contribution in [0.4, 0.5) is 0 Å². The van der Waals surface area contributed by atoms with E-state index < -0.39 is 5.97 Å². The second kappa shape index (κ2) is 5.07. The van der Waals surface area contributed by atoms with Gasteiger partial charge >= 0.3 is 5.97 Å². The molecule has 2 aromatic heterocycles. The fourth-order valence-electron chi connectivity index (χ4n) is 2.12. The lowest BCUT2D eigenvalue weighted by atomic mass is 9.84. The number of carboxylic acids is 1. The summed E-state index contributed by atoms with van der Waals surface area (Å²) in [4.78, 5) is 11.1. The molecule has 20 heavy (non-hydrogen) atoms. The molecule has 0 aliphatic heterocycles. The van der Waals surface area contributed by atoms with Crippen molar-refractivity contribution in [1.82, 2.24) is 20.2 Å². The first-order valence-corrected chi connectivity index (χ1v) is 6.35. The first-order chi connectivity index (χ1) is 9.30. The minimum Gasteiger partial charge on any atom is -0.481 e. The van der Waals surface area contributed by atoms with Gasteiger partial charge in [0.05, 0.1) is 24.3 Å². The Bertz CT molecular complexity index is 609. The topological polar surface area (TPSA) is 94.0 Å². The zero-order valence-electron chi connectivity index (χ0n) is 12.0. The Morgan fingerprint density at radius 3 is 2.70 bits per heavy atom. The number of aromatic nitrogens is 4. The van der Waals surface area contributed by atoms with Crippen LogP contribution >= 0.6 is 0 Å².